The number of carbonyl (C=O) groups excluding carboxylic acids is 1. The SMILES string of the molecule is CCC(C(C)C)C1CN(C(=O)NC(C)C)C1. The Kier molecular flexibility index (Phi) is 4.63. The van der Waals surface area contributed by atoms with Crippen molar-refractivity contribution in [2.24, 2.45) is 17.8 Å². The number of hydrogen-bond acceptors (Lipinski definition) is 1. The van der Waals surface area contributed by atoms with Crippen LogP contribution < -0.4 is 5.32 Å². The summed E-state index contributed by atoms with van der Waals surface area (Å²) in [7, 11) is 0. The molecule has 0 aromatic rings. The molecule has 1 N–H and O–H groups in total. The van der Waals surface area contributed by atoms with Gasteiger partial charge in [0.05, 0.1) is 0 Å². The van der Waals surface area contributed by atoms with E-state index in [2.05, 4.69) is 26.1 Å². The minimum Gasteiger partial charge on any atom is -0.336 e. The van der Waals surface area contributed by atoms with Crippen molar-refractivity contribution in [3.63, 3.8) is 0 Å². The molecule has 0 radical (unpaired) electrons. The summed E-state index contributed by atoms with van der Waals surface area (Å²) in [5.41, 5.74) is 0. The number of urea groups is 1. The summed E-state index contributed by atoms with van der Waals surface area (Å²) in [6.45, 7) is 12.7. The maximum Gasteiger partial charge on any atom is 0.317 e. The Bertz CT molecular complexity index is 232. The van der Waals surface area contributed by atoms with Crippen LogP contribution in [-0.2, 0) is 0 Å². The van der Waals surface area contributed by atoms with Crippen LogP contribution in [0.2, 0.25) is 0 Å². The first kappa shape index (κ1) is 13.3. The Hall–Kier alpha value is -0.730. The summed E-state index contributed by atoms with van der Waals surface area (Å²) in [6.07, 6.45) is 1.22. The van der Waals surface area contributed by atoms with E-state index in [1.807, 2.05) is 18.7 Å². The molecule has 94 valence electrons. The Balaban J connectivity index is 2.34. The van der Waals surface area contributed by atoms with Crippen molar-refractivity contribution >= 4 is 6.03 Å². The van der Waals surface area contributed by atoms with Gasteiger partial charge in [-0.2, -0.15) is 0 Å². The van der Waals surface area contributed by atoms with Gasteiger partial charge in [-0.1, -0.05) is 27.2 Å². The highest BCUT2D eigenvalue weighted by Crippen LogP contribution is 2.31. The third-order valence-corrected chi connectivity index (χ3v) is 3.54. The zero-order valence-electron chi connectivity index (χ0n) is 11.3. The molecule has 0 aliphatic carbocycles. The zero-order chi connectivity index (χ0) is 12.3. The molecule has 0 bridgehead atoms. The quantitative estimate of drug-likeness (QED) is 0.785. The van der Waals surface area contributed by atoms with Crippen LogP contribution in [0.5, 0.6) is 0 Å². The minimum atomic E-state index is 0.102. The van der Waals surface area contributed by atoms with Gasteiger partial charge >= 0.3 is 6.03 Å². The van der Waals surface area contributed by atoms with Crippen LogP contribution in [0.25, 0.3) is 0 Å². The second kappa shape index (κ2) is 5.55. The van der Waals surface area contributed by atoms with Crippen LogP contribution in [0.4, 0.5) is 4.79 Å². The van der Waals surface area contributed by atoms with E-state index >= 15 is 0 Å². The molecule has 1 fully saturated rings. The Morgan fingerprint density at radius 2 is 1.88 bits per heavy atom. The molecule has 0 saturated carbocycles. The molecule has 1 rings (SSSR count). The first-order valence-electron chi connectivity index (χ1n) is 6.51. The molecular formula is C13H26N2O. The zero-order valence-corrected chi connectivity index (χ0v) is 11.3. The lowest BCUT2D eigenvalue weighted by Gasteiger charge is -2.44. The van der Waals surface area contributed by atoms with Gasteiger partial charge in [0.25, 0.3) is 0 Å². The number of nitrogens with one attached hydrogen (secondary N) is 1. The molecule has 1 atom stereocenters. The van der Waals surface area contributed by atoms with Crippen molar-refractivity contribution in [3.8, 4) is 0 Å². The van der Waals surface area contributed by atoms with Crippen LogP contribution in [0, 0.1) is 17.8 Å². The van der Waals surface area contributed by atoms with Crippen molar-refractivity contribution in [2.45, 2.75) is 47.1 Å². The summed E-state index contributed by atoms with van der Waals surface area (Å²) < 4.78 is 0. The first-order chi connectivity index (χ1) is 7.45. The van der Waals surface area contributed by atoms with E-state index in [0.717, 1.165) is 24.9 Å². The van der Waals surface area contributed by atoms with Crippen molar-refractivity contribution < 1.29 is 4.79 Å². The van der Waals surface area contributed by atoms with Gasteiger partial charge in [-0.3, -0.25) is 0 Å². The van der Waals surface area contributed by atoms with Gasteiger partial charge in [0.1, 0.15) is 0 Å². The Morgan fingerprint density at radius 3 is 2.25 bits per heavy atom. The van der Waals surface area contributed by atoms with Gasteiger partial charge in [0.15, 0.2) is 0 Å². The van der Waals surface area contributed by atoms with Crippen molar-refractivity contribution in [1.82, 2.24) is 10.2 Å². The molecule has 0 aromatic carbocycles. The number of likely N-dealkylation sites (tertiary alicyclic amines) is 1. The average Bonchev–Trinajstić information content (AvgIpc) is 2.07. The van der Waals surface area contributed by atoms with Crippen LogP contribution >= 0.6 is 0 Å². The molecule has 1 aliphatic heterocycles. The molecule has 2 amide bonds. The number of carbonyl (C=O) groups is 1. The van der Waals surface area contributed by atoms with Crippen molar-refractivity contribution in [3.05, 3.63) is 0 Å². The highest BCUT2D eigenvalue weighted by atomic mass is 16.2. The standard InChI is InChI=1S/C13H26N2O/c1-6-12(9(2)3)11-7-15(8-11)13(16)14-10(4)5/h9-12H,6-8H2,1-5H3,(H,14,16). The summed E-state index contributed by atoms with van der Waals surface area (Å²) in [5.74, 6) is 2.20. The third-order valence-electron chi connectivity index (χ3n) is 3.54. The van der Waals surface area contributed by atoms with Gasteiger partial charge in [-0.05, 0) is 31.6 Å². The average molecular weight is 226 g/mol. The second-order valence-corrected chi connectivity index (χ2v) is 5.59. The fourth-order valence-electron chi connectivity index (χ4n) is 2.64. The Labute approximate surface area is 99.6 Å². The van der Waals surface area contributed by atoms with Crippen LogP contribution in [0.15, 0.2) is 0 Å². The lowest BCUT2D eigenvalue weighted by molar-refractivity contribution is 0.0629. The molecule has 3 nitrogen and oxygen atoms in total. The third kappa shape index (κ3) is 3.13. The number of hydrogen-bond donors (Lipinski definition) is 1. The van der Waals surface area contributed by atoms with Crippen LogP contribution in [-0.4, -0.2) is 30.1 Å². The summed E-state index contributed by atoms with van der Waals surface area (Å²) in [6, 6.07) is 0.337. The molecule has 1 saturated heterocycles. The van der Waals surface area contributed by atoms with E-state index in [4.69, 9.17) is 0 Å². The van der Waals surface area contributed by atoms with Gasteiger partial charge in [-0.15, -0.1) is 0 Å². The summed E-state index contributed by atoms with van der Waals surface area (Å²) in [4.78, 5) is 13.6. The van der Waals surface area contributed by atoms with Gasteiger partial charge in [0, 0.05) is 19.1 Å². The molecule has 16 heavy (non-hydrogen) atoms. The first-order valence-corrected chi connectivity index (χ1v) is 6.51. The molecular weight excluding hydrogens is 200 g/mol. The molecule has 1 heterocycles. The molecule has 0 spiro atoms. The maximum atomic E-state index is 11.7. The fourth-order valence-corrected chi connectivity index (χ4v) is 2.64. The van der Waals surface area contributed by atoms with E-state index in [1.54, 1.807) is 0 Å². The molecule has 0 aromatic heterocycles. The topological polar surface area (TPSA) is 32.3 Å². The fraction of sp³-hybridized carbons (Fsp3) is 0.923. The van der Waals surface area contributed by atoms with Crippen LogP contribution in [0.3, 0.4) is 0 Å². The number of nitrogens with zero attached hydrogens (tertiary/aromatic N) is 1. The van der Waals surface area contributed by atoms with E-state index in [1.165, 1.54) is 6.42 Å². The number of amides is 2. The van der Waals surface area contributed by atoms with Gasteiger partial charge in [-0.25, -0.2) is 4.79 Å². The minimum absolute atomic E-state index is 0.102. The van der Waals surface area contributed by atoms with Crippen LogP contribution in [0.1, 0.15) is 41.0 Å². The van der Waals surface area contributed by atoms with E-state index in [9.17, 15) is 4.79 Å². The highest BCUT2D eigenvalue weighted by molar-refractivity contribution is 5.75. The molecule has 1 aliphatic rings. The molecule has 3 heteroatoms. The second-order valence-electron chi connectivity index (χ2n) is 5.59. The summed E-state index contributed by atoms with van der Waals surface area (Å²) >= 11 is 0. The van der Waals surface area contributed by atoms with Crippen molar-refractivity contribution in [1.29, 1.82) is 0 Å². The Morgan fingerprint density at radius 1 is 1.31 bits per heavy atom. The van der Waals surface area contributed by atoms with Crippen molar-refractivity contribution in [2.75, 3.05) is 13.1 Å². The largest absolute Gasteiger partial charge is 0.336 e. The monoisotopic (exact) mass is 226 g/mol. The normalized spacial score (nSPS) is 18.8. The predicted octanol–water partition coefficient (Wildman–Crippen LogP) is 2.72. The lowest BCUT2D eigenvalue weighted by atomic mass is 9.77. The highest BCUT2D eigenvalue weighted by Gasteiger charge is 2.36. The van der Waals surface area contributed by atoms with E-state index in [0.29, 0.717) is 5.92 Å². The smallest absolute Gasteiger partial charge is 0.317 e. The van der Waals surface area contributed by atoms with E-state index < -0.39 is 0 Å². The maximum absolute atomic E-state index is 11.7. The number of rotatable bonds is 4. The summed E-state index contributed by atoms with van der Waals surface area (Å²) in [5, 5.41) is 2.94. The molecule has 1 unspecified atom stereocenters. The van der Waals surface area contributed by atoms with E-state index in [-0.39, 0.29) is 12.1 Å². The predicted molar refractivity (Wildman–Crippen MR) is 67.3 cm³/mol. The van der Waals surface area contributed by atoms with Gasteiger partial charge in [0.2, 0.25) is 0 Å². The lowest BCUT2D eigenvalue weighted by Crippen LogP contribution is -2.57. The van der Waals surface area contributed by atoms with Gasteiger partial charge < -0.3 is 10.2 Å².